The number of carbonyl (C=O) groups is 1. The van der Waals surface area contributed by atoms with Crippen molar-refractivity contribution in [2.75, 3.05) is 11.9 Å². The number of carbonyl (C=O) groups excluding carboxylic acids is 1. The van der Waals surface area contributed by atoms with Crippen LogP contribution >= 0.6 is 11.6 Å². The molecule has 0 unspecified atom stereocenters. The van der Waals surface area contributed by atoms with Crippen LogP contribution in [0.4, 0.5) is 10.1 Å². The molecule has 0 spiro atoms. The van der Waals surface area contributed by atoms with Gasteiger partial charge in [0.05, 0.1) is 23.0 Å². The molecule has 7 heteroatoms. The molecule has 0 aliphatic rings. The van der Waals surface area contributed by atoms with Crippen LogP contribution in [0.25, 0.3) is 11.3 Å². The Morgan fingerprint density at radius 3 is 2.76 bits per heavy atom. The highest BCUT2D eigenvalue weighted by Gasteiger charge is 2.14. The third-order valence-electron chi connectivity index (χ3n) is 3.48. The fourth-order valence-electron chi connectivity index (χ4n) is 2.26. The molecule has 2 aromatic carbocycles. The van der Waals surface area contributed by atoms with Crippen molar-refractivity contribution in [1.82, 2.24) is 10.2 Å². The lowest BCUT2D eigenvalue weighted by atomic mass is 10.1. The highest BCUT2D eigenvalue weighted by atomic mass is 35.5. The molecule has 1 amide bonds. The van der Waals surface area contributed by atoms with Crippen LogP contribution in [0.2, 0.25) is 5.02 Å². The summed E-state index contributed by atoms with van der Waals surface area (Å²) in [5, 5.41) is 9.18. The summed E-state index contributed by atoms with van der Waals surface area (Å²) in [5.41, 5.74) is 1.64. The Labute approximate surface area is 148 Å². The number of hydrogen-bond donors (Lipinski definition) is 2. The van der Waals surface area contributed by atoms with E-state index in [0.717, 1.165) is 11.3 Å². The van der Waals surface area contributed by atoms with Crippen LogP contribution in [0.15, 0.2) is 48.5 Å². The van der Waals surface area contributed by atoms with Gasteiger partial charge in [-0.05, 0) is 49.4 Å². The van der Waals surface area contributed by atoms with Crippen molar-refractivity contribution in [3.05, 3.63) is 65.1 Å². The van der Waals surface area contributed by atoms with Crippen molar-refractivity contribution in [3.8, 4) is 17.0 Å². The zero-order valence-corrected chi connectivity index (χ0v) is 14.1. The number of hydrogen-bond acceptors (Lipinski definition) is 3. The van der Waals surface area contributed by atoms with E-state index in [9.17, 15) is 9.18 Å². The number of ether oxygens (including phenoxy) is 1. The number of anilines is 1. The van der Waals surface area contributed by atoms with Crippen molar-refractivity contribution in [2.24, 2.45) is 0 Å². The van der Waals surface area contributed by atoms with E-state index in [1.54, 1.807) is 12.1 Å². The van der Waals surface area contributed by atoms with Gasteiger partial charge in [-0.25, -0.2) is 4.39 Å². The molecule has 25 heavy (non-hydrogen) atoms. The molecule has 0 radical (unpaired) electrons. The molecule has 0 bridgehead atoms. The second-order valence-corrected chi connectivity index (χ2v) is 5.59. The van der Waals surface area contributed by atoms with Crippen LogP contribution in [0.3, 0.4) is 0 Å². The maximum absolute atomic E-state index is 13.9. The third-order valence-corrected chi connectivity index (χ3v) is 3.78. The average molecular weight is 360 g/mol. The maximum Gasteiger partial charge on any atom is 0.273 e. The molecule has 3 aromatic rings. The van der Waals surface area contributed by atoms with Gasteiger partial charge >= 0.3 is 0 Å². The summed E-state index contributed by atoms with van der Waals surface area (Å²) in [6.45, 7) is 2.50. The molecule has 128 valence electrons. The van der Waals surface area contributed by atoms with Gasteiger partial charge in [0.15, 0.2) is 5.82 Å². The topological polar surface area (TPSA) is 67.0 Å². The van der Waals surface area contributed by atoms with Gasteiger partial charge in [-0.15, -0.1) is 0 Å². The van der Waals surface area contributed by atoms with Gasteiger partial charge in [0.1, 0.15) is 11.4 Å². The molecular formula is C18H15ClFN3O2. The number of amides is 1. The molecule has 0 aliphatic carbocycles. The van der Waals surface area contributed by atoms with E-state index < -0.39 is 11.7 Å². The summed E-state index contributed by atoms with van der Waals surface area (Å²) in [6.07, 6.45) is 0. The van der Waals surface area contributed by atoms with E-state index >= 15 is 0 Å². The van der Waals surface area contributed by atoms with Crippen molar-refractivity contribution in [3.63, 3.8) is 0 Å². The molecule has 0 fully saturated rings. The highest BCUT2D eigenvalue weighted by molar-refractivity contribution is 6.31. The summed E-state index contributed by atoms with van der Waals surface area (Å²) in [4.78, 5) is 12.2. The molecule has 0 saturated heterocycles. The molecule has 1 heterocycles. The van der Waals surface area contributed by atoms with Crippen LogP contribution in [-0.2, 0) is 0 Å². The van der Waals surface area contributed by atoms with Gasteiger partial charge < -0.3 is 10.1 Å². The van der Waals surface area contributed by atoms with E-state index in [-0.39, 0.29) is 16.4 Å². The summed E-state index contributed by atoms with van der Waals surface area (Å²) in [7, 11) is 0. The number of benzene rings is 2. The number of aromatic nitrogens is 2. The Morgan fingerprint density at radius 2 is 2.04 bits per heavy atom. The van der Waals surface area contributed by atoms with Gasteiger partial charge in [0.2, 0.25) is 0 Å². The number of aromatic amines is 1. The molecular weight excluding hydrogens is 345 g/mol. The van der Waals surface area contributed by atoms with Crippen LogP contribution < -0.4 is 10.1 Å². The molecule has 5 nitrogen and oxygen atoms in total. The standard InChI is InChI=1S/C18H15ClFN3O2/c1-2-25-12-8-6-11(7-9-12)15-10-16(23-22-15)18(24)21-14-5-3-4-13(19)17(14)20/h3-10H,2H2,1H3,(H,21,24)(H,22,23). The molecule has 0 saturated carbocycles. The van der Waals surface area contributed by atoms with Crippen LogP contribution in [-0.4, -0.2) is 22.7 Å². The zero-order chi connectivity index (χ0) is 17.8. The average Bonchev–Trinajstić information content (AvgIpc) is 3.10. The van der Waals surface area contributed by atoms with Gasteiger partial charge in [0.25, 0.3) is 5.91 Å². The van der Waals surface area contributed by atoms with E-state index in [2.05, 4.69) is 15.5 Å². The Kier molecular flexibility index (Phi) is 5.00. The normalized spacial score (nSPS) is 10.5. The fourth-order valence-corrected chi connectivity index (χ4v) is 2.44. The first-order valence-electron chi connectivity index (χ1n) is 7.62. The van der Waals surface area contributed by atoms with Crippen molar-refractivity contribution in [2.45, 2.75) is 6.92 Å². The number of halogens is 2. The first-order chi connectivity index (χ1) is 12.1. The molecule has 0 aliphatic heterocycles. The Bertz CT molecular complexity index is 894. The lowest BCUT2D eigenvalue weighted by Gasteiger charge is -2.05. The fraction of sp³-hybridized carbons (Fsp3) is 0.111. The lowest BCUT2D eigenvalue weighted by Crippen LogP contribution is -2.13. The van der Waals surface area contributed by atoms with E-state index in [1.165, 1.54) is 12.1 Å². The Morgan fingerprint density at radius 1 is 1.28 bits per heavy atom. The molecule has 3 rings (SSSR count). The summed E-state index contributed by atoms with van der Waals surface area (Å²) >= 11 is 5.71. The van der Waals surface area contributed by atoms with E-state index in [0.29, 0.717) is 12.3 Å². The van der Waals surface area contributed by atoms with Crippen LogP contribution in [0, 0.1) is 5.82 Å². The number of nitrogens with zero attached hydrogens (tertiary/aromatic N) is 1. The van der Waals surface area contributed by atoms with E-state index in [4.69, 9.17) is 16.3 Å². The summed E-state index contributed by atoms with van der Waals surface area (Å²) in [6, 6.07) is 13.3. The first kappa shape index (κ1) is 17.0. The Balaban J connectivity index is 1.76. The lowest BCUT2D eigenvalue weighted by molar-refractivity contribution is 0.102. The smallest absolute Gasteiger partial charge is 0.273 e. The minimum Gasteiger partial charge on any atom is -0.494 e. The van der Waals surface area contributed by atoms with Crippen molar-refractivity contribution in [1.29, 1.82) is 0 Å². The second-order valence-electron chi connectivity index (χ2n) is 5.18. The minimum absolute atomic E-state index is 0.00900. The third kappa shape index (κ3) is 3.80. The number of H-pyrrole nitrogens is 1. The number of nitrogens with one attached hydrogen (secondary N) is 2. The number of rotatable bonds is 5. The summed E-state index contributed by atoms with van der Waals surface area (Å²) < 4.78 is 19.3. The van der Waals surface area contributed by atoms with Crippen molar-refractivity contribution >= 4 is 23.2 Å². The first-order valence-corrected chi connectivity index (χ1v) is 8.00. The monoisotopic (exact) mass is 359 g/mol. The Hall–Kier alpha value is -2.86. The van der Waals surface area contributed by atoms with Crippen molar-refractivity contribution < 1.29 is 13.9 Å². The van der Waals surface area contributed by atoms with Gasteiger partial charge in [-0.2, -0.15) is 5.10 Å². The highest BCUT2D eigenvalue weighted by Crippen LogP contribution is 2.24. The van der Waals surface area contributed by atoms with E-state index in [1.807, 2.05) is 31.2 Å². The minimum atomic E-state index is -0.677. The second kappa shape index (κ2) is 7.36. The van der Waals surface area contributed by atoms with Gasteiger partial charge in [-0.3, -0.25) is 9.89 Å². The van der Waals surface area contributed by atoms with Gasteiger partial charge in [0, 0.05) is 5.56 Å². The van der Waals surface area contributed by atoms with Crippen LogP contribution in [0.5, 0.6) is 5.75 Å². The predicted octanol–water partition coefficient (Wildman–Crippen LogP) is 4.52. The largest absolute Gasteiger partial charge is 0.494 e. The quantitative estimate of drug-likeness (QED) is 0.703. The van der Waals surface area contributed by atoms with Gasteiger partial charge in [-0.1, -0.05) is 17.7 Å². The molecule has 2 N–H and O–H groups in total. The maximum atomic E-state index is 13.9. The summed E-state index contributed by atoms with van der Waals surface area (Å²) in [5.74, 6) is -0.425. The SMILES string of the molecule is CCOc1ccc(-c2cc(C(=O)Nc3cccc(Cl)c3F)[nH]n2)cc1. The van der Waals surface area contributed by atoms with Crippen LogP contribution in [0.1, 0.15) is 17.4 Å². The molecule has 0 atom stereocenters. The zero-order valence-electron chi connectivity index (χ0n) is 13.3. The predicted molar refractivity (Wildman–Crippen MR) is 94.6 cm³/mol. The molecule has 1 aromatic heterocycles.